The second-order valence-corrected chi connectivity index (χ2v) is 4.89. The molecule has 1 N–H and O–H groups in total. The van der Waals surface area contributed by atoms with Crippen LogP contribution in [0.2, 0.25) is 5.15 Å². The average Bonchev–Trinajstić information content (AvgIpc) is 2.43. The number of amides is 1. The Kier molecular flexibility index (Phi) is 4.80. The first-order valence-corrected chi connectivity index (χ1v) is 6.56. The average molecular weight is 312 g/mol. The number of hydrogen-bond donors (Lipinski definition) is 1. The van der Waals surface area contributed by atoms with Crippen molar-refractivity contribution in [2.45, 2.75) is 19.4 Å². The lowest BCUT2D eigenvalue weighted by Crippen LogP contribution is -2.35. The highest BCUT2D eigenvalue weighted by Crippen LogP contribution is 2.14. The second-order valence-electron chi connectivity index (χ2n) is 4.51. The quantitative estimate of drug-likeness (QED) is 0.944. The van der Waals surface area contributed by atoms with Gasteiger partial charge in [0.1, 0.15) is 22.5 Å². The zero-order chi connectivity index (χ0) is 15.4. The largest absolute Gasteiger partial charge is 0.348 e. The summed E-state index contributed by atoms with van der Waals surface area (Å²) in [5.41, 5.74) is -0.0224. The molecule has 0 saturated heterocycles. The Morgan fingerprint density at radius 3 is 2.62 bits per heavy atom. The Morgan fingerprint density at radius 2 is 2.00 bits per heavy atom. The fraction of sp³-hybridized carbons (Fsp3) is 0.214. The van der Waals surface area contributed by atoms with Crippen molar-refractivity contribution in [1.82, 2.24) is 15.3 Å². The topological polar surface area (TPSA) is 54.9 Å². The summed E-state index contributed by atoms with van der Waals surface area (Å²) in [6, 6.07) is 3.16. The zero-order valence-corrected chi connectivity index (χ0v) is 11.9. The van der Waals surface area contributed by atoms with E-state index in [0.717, 1.165) is 0 Å². The van der Waals surface area contributed by atoms with Crippen molar-refractivity contribution in [3.8, 4) is 0 Å². The van der Waals surface area contributed by atoms with Crippen molar-refractivity contribution >= 4 is 17.5 Å². The Hall–Kier alpha value is -2.08. The van der Waals surface area contributed by atoms with Crippen LogP contribution in [0.15, 0.2) is 30.6 Å². The third-order valence-electron chi connectivity index (χ3n) is 2.79. The van der Waals surface area contributed by atoms with Crippen molar-refractivity contribution in [2.75, 3.05) is 0 Å². The molecule has 0 radical (unpaired) electrons. The van der Waals surface area contributed by atoms with Crippen LogP contribution >= 0.6 is 11.6 Å². The van der Waals surface area contributed by atoms with Gasteiger partial charge in [-0.1, -0.05) is 17.7 Å². The van der Waals surface area contributed by atoms with Gasteiger partial charge in [-0.15, -0.1) is 0 Å². The normalized spacial score (nSPS) is 12.0. The molecule has 2 rings (SSSR count). The van der Waals surface area contributed by atoms with Gasteiger partial charge in [0.15, 0.2) is 0 Å². The molecule has 0 saturated carbocycles. The van der Waals surface area contributed by atoms with Gasteiger partial charge in [0.05, 0.1) is 12.4 Å². The molecule has 0 aliphatic carbocycles. The highest BCUT2D eigenvalue weighted by molar-refractivity contribution is 6.29. The molecule has 1 aromatic heterocycles. The molecule has 21 heavy (non-hydrogen) atoms. The number of carbonyl (C=O) groups excluding carboxylic acids is 1. The van der Waals surface area contributed by atoms with E-state index in [0.29, 0.717) is 0 Å². The monoisotopic (exact) mass is 311 g/mol. The summed E-state index contributed by atoms with van der Waals surface area (Å²) >= 11 is 5.64. The zero-order valence-electron chi connectivity index (χ0n) is 11.1. The minimum absolute atomic E-state index is 0.0260. The molecule has 1 atom stereocenters. The lowest BCUT2D eigenvalue weighted by atomic mass is 10.1. The van der Waals surface area contributed by atoms with Crippen LogP contribution in [-0.2, 0) is 6.42 Å². The maximum absolute atomic E-state index is 13.5. The highest BCUT2D eigenvalue weighted by atomic mass is 35.5. The van der Waals surface area contributed by atoms with Crippen molar-refractivity contribution < 1.29 is 13.6 Å². The third kappa shape index (κ3) is 3.95. The summed E-state index contributed by atoms with van der Waals surface area (Å²) in [6.45, 7) is 1.64. The molecule has 110 valence electrons. The van der Waals surface area contributed by atoms with Crippen LogP contribution in [0.5, 0.6) is 0 Å². The molecule has 7 heteroatoms. The Morgan fingerprint density at radius 1 is 1.33 bits per heavy atom. The summed E-state index contributed by atoms with van der Waals surface area (Å²) in [5.74, 6) is -1.79. The lowest BCUT2D eigenvalue weighted by Gasteiger charge is -2.14. The van der Waals surface area contributed by atoms with Crippen LogP contribution < -0.4 is 5.32 Å². The molecular formula is C14H12ClF2N3O. The molecule has 0 aliphatic heterocycles. The fourth-order valence-electron chi connectivity index (χ4n) is 1.83. The second kappa shape index (κ2) is 6.58. The van der Waals surface area contributed by atoms with E-state index >= 15 is 0 Å². The van der Waals surface area contributed by atoms with Gasteiger partial charge in [-0.05, 0) is 25.5 Å². The third-order valence-corrected chi connectivity index (χ3v) is 2.97. The van der Waals surface area contributed by atoms with E-state index in [-0.39, 0.29) is 22.8 Å². The smallest absolute Gasteiger partial charge is 0.271 e. The van der Waals surface area contributed by atoms with Gasteiger partial charge in [0.25, 0.3) is 5.91 Å². The van der Waals surface area contributed by atoms with Gasteiger partial charge in [-0.2, -0.15) is 0 Å². The number of carbonyl (C=O) groups is 1. The van der Waals surface area contributed by atoms with Crippen molar-refractivity contribution in [2.24, 2.45) is 0 Å². The summed E-state index contributed by atoms with van der Waals surface area (Å²) in [4.78, 5) is 19.5. The van der Waals surface area contributed by atoms with Gasteiger partial charge in [-0.3, -0.25) is 9.78 Å². The molecule has 4 nitrogen and oxygen atoms in total. The Balaban J connectivity index is 2.05. The van der Waals surface area contributed by atoms with Gasteiger partial charge in [0, 0.05) is 11.6 Å². The number of hydrogen-bond acceptors (Lipinski definition) is 3. The summed E-state index contributed by atoms with van der Waals surface area (Å²) in [5, 5.41) is 2.69. The van der Waals surface area contributed by atoms with Crippen molar-refractivity contribution in [3.63, 3.8) is 0 Å². The number of aromatic nitrogens is 2. The maximum atomic E-state index is 13.5. The van der Waals surface area contributed by atoms with E-state index in [9.17, 15) is 13.6 Å². The minimum Gasteiger partial charge on any atom is -0.348 e. The van der Waals surface area contributed by atoms with Crippen molar-refractivity contribution in [1.29, 1.82) is 0 Å². The molecule has 0 aliphatic rings. The summed E-state index contributed by atoms with van der Waals surface area (Å²) < 4.78 is 27.1. The van der Waals surface area contributed by atoms with Gasteiger partial charge in [0.2, 0.25) is 0 Å². The number of nitrogens with one attached hydrogen (secondary N) is 1. The summed E-state index contributed by atoms with van der Waals surface area (Å²) in [7, 11) is 0. The van der Waals surface area contributed by atoms with E-state index in [2.05, 4.69) is 15.3 Å². The van der Waals surface area contributed by atoms with E-state index in [1.807, 2.05) is 0 Å². The van der Waals surface area contributed by atoms with Crippen LogP contribution in [0.3, 0.4) is 0 Å². The lowest BCUT2D eigenvalue weighted by molar-refractivity contribution is 0.0934. The van der Waals surface area contributed by atoms with Crippen LogP contribution in [0.1, 0.15) is 23.0 Å². The Bertz CT molecular complexity index is 646. The van der Waals surface area contributed by atoms with Gasteiger partial charge < -0.3 is 5.32 Å². The molecule has 1 unspecified atom stereocenters. The predicted octanol–water partition coefficient (Wildman–Crippen LogP) is 2.77. The highest BCUT2D eigenvalue weighted by Gasteiger charge is 2.16. The van der Waals surface area contributed by atoms with E-state index in [4.69, 9.17) is 11.6 Å². The first-order chi connectivity index (χ1) is 9.97. The van der Waals surface area contributed by atoms with Crippen LogP contribution in [0, 0.1) is 11.6 Å². The molecule has 0 fully saturated rings. The van der Waals surface area contributed by atoms with Crippen LogP contribution in [0.25, 0.3) is 0 Å². The number of halogens is 3. The Labute approximate surface area is 125 Å². The summed E-state index contributed by atoms with van der Waals surface area (Å²) in [6.07, 6.45) is 2.59. The molecular weight excluding hydrogens is 300 g/mol. The molecule has 2 aromatic rings. The molecule has 1 aromatic carbocycles. The maximum Gasteiger partial charge on any atom is 0.271 e. The van der Waals surface area contributed by atoms with Crippen LogP contribution in [0.4, 0.5) is 8.78 Å². The van der Waals surface area contributed by atoms with Gasteiger partial charge >= 0.3 is 0 Å². The number of benzene rings is 1. The van der Waals surface area contributed by atoms with Crippen molar-refractivity contribution in [3.05, 3.63) is 58.6 Å². The first-order valence-electron chi connectivity index (χ1n) is 6.18. The number of rotatable bonds is 4. The predicted molar refractivity (Wildman–Crippen MR) is 74.0 cm³/mol. The molecule has 0 bridgehead atoms. The molecule has 1 amide bonds. The minimum atomic E-state index is -0.640. The molecule has 0 spiro atoms. The number of nitrogens with zero attached hydrogens (tertiary/aromatic N) is 2. The standard InChI is InChI=1S/C14H12ClF2N3O/c1-8(5-9-10(16)3-2-4-11(9)17)19-14(21)12-6-18-7-13(15)20-12/h2-4,6-8H,5H2,1H3,(H,19,21). The fourth-order valence-corrected chi connectivity index (χ4v) is 1.98. The molecule has 1 heterocycles. The SMILES string of the molecule is CC(Cc1c(F)cccc1F)NC(=O)c1cncc(Cl)n1. The van der Waals surface area contributed by atoms with Gasteiger partial charge in [-0.25, -0.2) is 13.8 Å². The van der Waals surface area contributed by atoms with E-state index in [1.165, 1.54) is 30.6 Å². The van der Waals surface area contributed by atoms with E-state index < -0.39 is 23.6 Å². The first kappa shape index (κ1) is 15.3. The van der Waals surface area contributed by atoms with E-state index in [1.54, 1.807) is 6.92 Å². The van der Waals surface area contributed by atoms with Crippen LogP contribution in [-0.4, -0.2) is 21.9 Å².